The lowest BCUT2D eigenvalue weighted by molar-refractivity contribution is -0.134. The highest BCUT2D eigenvalue weighted by Gasteiger charge is 2.46. The molecule has 0 bridgehead atoms. The van der Waals surface area contributed by atoms with E-state index in [1.807, 2.05) is 13.0 Å². The smallest absolute Gasteiger partial charge is 0.250 e. The summed E-state index contributed by atoms with van der Waals surface area (Å²) in [6, 6.07) is 6.31. The number of hydrogen-bond donors (Lipinski definition) is 1. The molecule has 1 aliphatic heterocycles. The van der Waals surface area contributed by atoms with Crippen LogP contribution in [0.1, 0.15) is 26.2 Å². The molecule has 1 saturated carbocycles. The maximum Gasteiger partial charge on any atom is 0.250 e. The van der Waals surface area contributed by atoms with E-state index in [9.17, 15) is 9.59 Å². The molecule has 0 spiro atoms. The number of amides is 2. The van der Waals surface area contributed by atoms with Gasteiger partial charge in [-0.15, -0.1) is 0 Å². The highest BCUT2D eigenvalue weighted by molar-refractivity contribution is 6.31. The van der Waals surface area contributed by atoms with Gasteiger partial charge in [-0.2, -0.15) is 0 Å². The first-order valence-corrected chi connectivity index (χ1v) is 7.38. The third-order valence-corrected chi connectivity index (χ3v) is 4.22. The Labute approximate surface area is 123 Å². The molecule has 1 aromatic rings. The molecule has 1 saturated heterocycles. The van der Waals surface area contributed by atoms with E-state index >= 15 is 0 Å². The summed E-state index contributed by atoms with van der Waals surface area (Å²) in [6.45, 7) is 1.91. The first-order valence-electron chi connectivity index (χ1n) is 7.01. The van der Waals surface area contributed by atoms with Crippen LogP contribution in [-0.4, -0.2) is 23.9 Å². The maximum atomic E-state index is 12.7. The summed E-state index contributed by atoms with van der Waals surface area (Å²) in [5.74, 6) is 0.219. The van der Waals surface area contributed by atoms with Crippen LogP contribution < -0.4 is 10.2 Å². The van der Waals surface area contributed by atoms with Crippen molar-refractivity contribution >= 4 is 29.1 Å². The zero-order chi connectivity index (χ0) is 14.3. The van der Waals surface area contributed by atoms with Gasteiger partial charge in [-0.1, -0.05) is 24.6 Å². The average Bonchev–Trinajstić information content (AvgIpc) is 3.24. The quantitative estimate of drug-likeness (QED) is 0.930. The molecular formula is C15H17ClN2O2. The Morgan fingerprint density at radius 3 is 2.70 bits per heavy atom. The van der Waals surface area contributed by atoms with E-state index in [1.54, 1.807) is 23.1 Å². The van der Waals surface area contributed by atoms with Gasteiger partial charge in [0.05, 0.1) is 0 Å². The largest absolute Gasteiger partial charge is 0.342 e. The van der Waals surface area contributed by atoms with Crippen LogP contribution in [0.3, 0.4) is 0 Å². The van der Waals surface area contributed by atoms with E-state index in [1.165, 1.54) is 0 Å². The number of nitrogens with one attached hydrogen (secondary N) is 1. The van der Waals surface area contributed by atoms with Crippen LogP contribution in [0.5, 0.6) is 0 Å². The van der Waals surface area contributed by atoms with Crippen LogP contribution in [0.2, 0.25) is 5.02 Å². The molecule has 2 aliphatic rings. The lowest BCUT2D eigenvalue weighted by Gasteiger charge is -2.38. The van der Waals surface area contributed by atoms with Gasteiger partial charge in [-0.25, -0.2) is 0 Å². The summed E-state index contributed by atoms with van der Waals surface area (Å²) in [5.41, 5.74) is 0.704. The maximum absolute atomic E-state index is 12.7. The minimum Gasteiger partial charge on any atom is -0.342 e. The van der Waals surface area contributed by atoms with E-state index < -0.39 is 6.04 Å². The highest BCUT2D eigenvalue weighted by atomic mass is 35.5. The number of anilines is 1. The summed E-state index contributed by atoms with van der Waals surface area (Å²) in [6.07, 6.45) is 2.61. The van der Waals surface area contributed by atoms with Crippen LogP contribution in [0.15, 0.2) is 24.3 Å². The lowest BCUT2D eigenvalue weighted by atomic mass is 10.0. The fraction of sp³-hybridized carbons (Fsp3) is 0.467. The third kappa shape index (κ3) is 2.29. The Morgan fingerprint density at radius 2 is 2.10 bits per heavy atom. The number of benzene rings is 1. The Kier molecular flexibility index (Phi) is 3.42. The van der Waals surface area contributed by atoms with Gasteiger partial charge in [0.1, 0.15) is 12.1 Å². The summed E-state index contributed by atoms with van der Waals surface area (Å²) < 4.78 is 0. The second-order valence-corrected chi connectivity index (χ2v) is 5.87. The van der Waals surface area contributed by atoms with Crippen LogP contribution in [0.4, 0.5) is 5.69 Å². The van der Waals surface area contributed by atoms with Crippen molar-refractivity contribution in [3.63, 3.8) is 0 Å². The fourth-order valence-electron chi connectivity index (χ4n) is 2.78. The molecule has 1 aliphatic carbocycles. The topological polar surface area (TPSA) is 49.4 Å². The summed E-state index contributed by atoms with van der Waals surface area (Å²) in [4.78, 5) is 26.6. The lowest BCUT2D eigenvalue weighted by Crippen LogP contribution is -2.64. The summed E-state index contributed by atoms with van der Waals surface area (Å²) in [7, 11) is 0. The first-order chi connectivity index (χ1) is 9.61. The van der Waals surface area contributed by atoms with Crippen molar-refractivity contribution in [2.45, 2.75) is 38.3 Å². The van der Waals surface area contributed by atoms with Crippen LogP contribution in [-0.2, 0) is 9.59 Å². The standard InChI is InChI=1S/C15H17ClN2O2/c1-2-12-14(19)17-13(9-6-7-9)15(20)18(12)11-5-3-4-10(16)8-11/h3-5,8-9,12-13H,2,6-7H2,1H3,(H,17,19). The van der Waals surface area contributed by atoms with Gasteiger partial charge in [-0.3, -0.25) is 14.5 Å². The molecule has 3 rings (SSSR count). The van der Waals surface area contributed by atoms with Crippen molar-refractivity contribution in [3.8, 4) is 0 Å². The molecule has 5 heteroatoms. The number of hydrogen-bond acceptors (Lipinski definition) is 2. The monoisotopic (exact) mass is 292 g/mol. The Hall–Kier alpha value is -1.55. The van der Waals surface area contributed by atoms with Crippen molar-refractivity contribution in [3.05, 3.63) is 29.3 Å². The van der Waals surface area contributed by atoms with Crippen LogP contribution in [0.25, 0.3) is 0 Å². The molecule has 0 radical (unpaired) electrons. The number of nitrogens with zero attached hydrogens (tertiary/aromatic N) is 1. The molecule has 2 fully saturated rings. The molecule has 1 heterocycles. The molecule has 2 atom stereocenters. The number of rotatable bonds is 3. The highest BCUT2D eigenvalue weighted by Crippen LogP contribution is 2.36. The van der Waals surface area contributed by atoms with Gasteiger partial charge in [-0.05, 0) is 43.4 Å². The molecule has 1 N–H and O–H groups in total. The Balaban J connectivity index is 1.98. The molecule has 2 amide bonds. The van der Waals surface area contributed by atoms with Crippen molar-refractivity contribution in [1.29, 1.82) is 0 Å². The first kappa shape index (κ1) is 13.4. The zero-order valence-electron chi connectivity index (χ0n) is 11.3. The summed E-state index contributed by atoms with van der Waals surface area (Å²) in [5, 5.41) is 3.45. The van der Waals surface area contributed by atoms with Gasteiger partial charge in [0.15, 0.2) is 0 Å². The predicted octanol–water partition coefficient (Wildman–Crippen LogP) is 2.36. The van der Waals surface area contributed by atoms with Crippen molar-refractivity contribution < 1.29 is 9.59 Å². The van der Waals surface area contributed by atoms with Crippen LogP contribution in [0, 0.1) is 5.92 Å². The molecule has 106 valence electrons. The van der Waals surface area contributed by atoms with Gasteiger partial charge in [0.2, 0.25) is 5.91 Å². The molecule has 1 aromatic carbocycles. The molecule has 2 unspecified atom stereocenters. The fourth-order valence-corrected chi connectivity index (χ4v) is 2.97. The van der Waals surface area contributed by atoms with Crippen LogP contribution >= 0.6 is 11.6 Å². The van der Waals surface area contributed by atoms with E-state index in [-0.39, 0.29) is 17.9 Å². The van der Waals surface area contributed by atoms with Crippen molar-refractivity contribution in [2.24, 2.45) is 5.92 Å². The van der Waals surface area contributed by atoms with Gasteiger partial charge >= 0.3 is 0 Å². The molecule has 0 aromatic heterocycles. The third-order valence-electron chi connectivity index (χ3n) is 3.98. The van der Waals surface area contributed by atoms with Crippen molar-refractivity contribution in [2.75, 3.05) is 4.90 Å². The van der Waals surface area contributed by atoms with Gasteiger partial charge in [0, 0.05) is 10.7 Å². The molecular weight excluding hydrogens is 276 g/mol. The number of carbonyl (C=O) groups is 2. The minimum absolute atomic E-state index is 0.0128. The normalized spacial score (nSPS) is 26.6. The van der Waals surface area contributed by atoms with Gasteiger partial charge in [0.25, 0.3) is 5.91 Å². The predicted molar refractivity (Wildman–Crippen MR) is 77.7 cm³/mol. The Bertz CT molecular complexity index is 557. The second-order valence-electron chi connectivity index (χ2n) is 5.44. The Morgan fingerprint density at radius 1 is 1.35 bits per heavy atom. The zero-order valence-corrected chi connectivity index (χ0v) is 12.1. The van der Waals surface area contributed by atoms with E-state index in [0.717, 1.165) is 12.8 Å². The SMILES string of the molecule is CCC1C(=O)NC(C2CC2)C(=O)N1c1cccc(Cl)c1. The van der Waals surface area contributed by atoms with E-state index in [2.05, 4.69) is 5.32 Å². The van der Waals surface area contributed by atoms with Gasteiger partial charge < -0.3 is 5.32 Å². The molecule has 20 heavy (non-hydrogen) atoms. The minimum atomic E-state index is -0.448. The molecule has 4 nitrogen and oxygen atoms in total. The van der Waals surface area contributed by atoms with E-state index in [0.29, 0.717) is 23.0 Å². The van der Waals surface area contributed by atoms with E-state index in [4.69, 9.17) is 11.6 Å². The second kappa shape index (κ2) is 5.09. The number of carbonyl (C=O) groups excluding carboxylic acids is 2. The number of halogens is 1. The van der Waals surface area contributed by atoms with Crippen molar-refractivity contribution in [1.82, 2.24) is 5.32 Å². The number of piperazine rings is 1. The summed E-state index contributed by atoms with van der Waals surface area (Å²) >= 11 is 6.01. The average molecular weight is 293 g/mol.